The first-order valence-electron chi connectivity index (χ1n) is 6.23. The zero-order valence-electron chi connectivity index (χ0n) is 11.2. The van der Waals surface area contributed by atoms with Gasteiger partial charge in [-0.1, -0.05) is 11.6 Å². The molecule has 0 fully saturated rings. The number of methoxy groups -OCH3 is 1. The monoisotopic (exact) mass is 293 g/mol. The fourth-order valence-corrected chi connectivity index (χ4v) is 2.11. The van der Waals surface area contributed by atoms with Crippen LogP contribution < -0.4 is 9.47 Å². The fraction of sp³-hybridized carbons (Fsp3) is 0.267. The first-order chi connectivity index (χ1) is 9.74. The van der Waals surface area contributed by atoms with Gasteiger partial charge in [0.1, 0.15) is 0 Å². The molecule has 1 N–H and O–H groups in total. The van der Waals surface area contributed by atoms with Crippen molar-refractivity contribution in [2.24, 2.45) is 0 Å². The smallest absolute Gasteiger partial charge is 0.166 e. The standard InChI is InChI=1S/C15H16ClNO3/c1-19-14-9-13(16)8-12(10-18)15(14)20-7-4-11-2-5-17-6-3-11/h2-3,5-6,8-9,18H,4,7,10H2,1H3. The maximum absolute atomic E-state index is 9.38. The van der Waals surface area contributed by atoms with Crippen LogP contribution in [0.5, 0.6) is 11.5 Å². The largest absolute Gasteiger partial charge is 0.493 e. The minimum atomic E-state index is -0.151. The first-order valence-corrected chi connectivity index (χ1v) is 6.61. The van der Waals surface area contributed by atoms with Gasteiger partial charge in [0.15, 0.2) is 11.5 Å². The van der Waals surface area contributed by atoms with E-state index in [1.54, 1.807) is 31.6 Å². The lowest BCUT2D eigenvalue weighted by molar-refractivity contribution is 0.256. The summed E-state index contributed by atoms with van der Waals surface area (Å²) in [5, 5.41) is 9.88. The molecule has 20 heavy (non-hydrogen) atoms. The molecule has 0 aliphatic carbocycles. The molecular weight excluding hydrogens is 278 g/mol. The predicted molar refractivity (Wildman–Crippen MR) is 77.4 cm³/mol. The minimum absolute atomic E-state index is 0.151. The Hall–Kier alpha value is -1.78. The summed E-state index contributed by atoms with van der Waals surface area (Å²) in [4.78, 5) is 3.97. The number of rotatable bonds is 6. The molecule has 0 saturated heterocycles. The highest BCUT2D eigenvalue weighted by Crippen LogP contribution is 2.34. The molecule has 0 saturated carbocycles. The van der Waals surface area contributed by atoms with Crippen molar-refractivity contribution in [3.8, 4) is 11.5 Å². The third-order valence-corrected chi connectivity index (χ3v) is 3.09. The van der Waals surface area contributed by atoms with Gasteiger partial charge in [-0.05, 0) is 23.8 Å². The summed E-state index contributed by atoms with van der Waals surface area (Å²) in [6.07, 6.45) is 4.24. The van der Waals surface area contributed by atoms with Gasteiger partial charge in [-0.3, -0.25) is 4.98 Å². The highest BCUT2D eigenvalue weighted by atomic mass is 35.5. The van der Waals surface area contributed by atoms with Crippen LogP contribution in [0.1, 0.15) is 11.1 Å². The Balaban J connectivity index is 2.08. The van der Waals surface area contributed by atoms with E-state index in [1.165, 1.54) is 0 Å². The van der Waals surface area contributed by atoms with Crippen LogP contribution in [-0.4, -0.2) is 23.8 Å². The van der Waals surface area contributed by atoms with E-state index in [0.29, 0.717) is 28.7 Å². The molecule has 1 heterocycles. The molecule has 0 spiro atoms. The first kappa shape index (κ1) is 14.6. The molecule has 4 nitrogen and oxygen atoms in total. The summed E-state index contributed by atoms with van der Waals surface area (Å²) in [6, 6.07) is 7.22. The van der Waals surface area contributed by atoms with Crippen LogP contribution in [-0.2, 0) is 13.0 Å². The summed E-state index contributed by atoms with van der Waals surface area (Å²) < 4.78 is 11.0. The predicted octanol–water partition coefficient (Wildman–Crippen LogP) is 2.86. The number of aliphatic hydroxyl groups excluding tert-OH is 1. The van der Waals surface area contributed by atoms with Gasteiger partial charge >= 0.3 is 0 Å². The average molecular weight is 294 g/mol. The lowest BCUT2D eigenvalue weighted by atomic mass is 10.2. The Morgan fingerprint density at radius 3 is 2.65 bits per heavy atom. The van der Waals surface area contributed by atoms with Crippen molar-refractivity contribution in [3.63, 3.8) is 0 Å². The molecule has 1 aromatic carbocycles. The van der Waals surface area contributed by atoms with Gasteiger partial charge in [0.2, 0.25) is 0 Å². The lowest BCUT2D eigenvalue weighted by Gasteiger charge is -2.14. The number of aliphatic hydroxyl groups is 1. The molecule has 2 aromatic rings. The van der Waals surface area contributed by atoms with Gasteiger partial charge in [-0.25, -0.2) is 0 Å². The number of hydrogen-bond donors (Lipinski definition) is 1. The Labute approximate surface area is 122 Å². The molecular formula is C15H16ClNO3. The van der Waals surface area contributed by atoms with E-state index in [0.717, 1.165) is 12.0 Å². The number of pyridine rings is 1. The van der Waals surface area contributed by atoms with Crippen molar-refractivity contribution in [2.75, 3.05) is 13.7 Å². The van der Waals surface area contributed by atoms with E-state index in [4.69, 9.17) is 21.1 Å². The molecule has 106 valence electrons. The number of aromatic nitrogens is 1. The van der Waals surface area contributed by atoms with Gasteiger partial charge < -0.3 is 14.6 Å². The summed E-state index contributed by atoms with van der Waals surface area (Å²) >= 11 is 5.96. The second-order valence-corrected chi connectivity index (χ2v) is 4.64. The molecule has 1 aromatic heterocycles. The van der Waals surface area contributed by atoms with Crippen LogP contribution in [0.2, 0.25) is 5.02 Å². The van der Waals surface area contributed by atoms with Crippen molar-refractivity contribution in [1.82, 2.24) is 4.98 Å². The summed E-state index contributed by atoms with van der Waals surface area (Å²) in [5.41, 5.74) is 1.75. The van der Waals surface area contributed by atoms with Crippen molar-refractivity contribution in [3.05, 3.63) is 52.8 Å². The van der Waals surface area contributed by atoms with Crippen LogP contribution in [0.25, 0.3) is 0 Å². The summed E-state index contributed by atoms with van der Waals surface area (Å²) in [6.45, 7) is 0.330. The molecule has 0 unspecified atom stereocenters. The number of benzene rings is 1. The number of nitrogens with zero attached hydrogens (tertiary/aromatic N) is 1. The van der Waals surface area contributed by atoms with E-state index in [2.05, 4.69) is 4.98 Å². The molecule has 0 amide bonds. The van der Waals surface area contributed by atoms with Crippen LogP contribution in [0.4, 0.5) is 0 Å². The van der Waals surface area contributed by atoms with Gasteiger partial charge in [-0.15, -0.1) is 0 Å². The zero-order valence-corrected chi connectivity index (χ0v) is 11.9. The second kappa shape index (κ2) is 7.12. The van der Waals surface area contributed by atoms with E-state index in [-0.39, 0.29) is 6.61 Å². The highest BCUT2D eigenvalue weighted by molar-refractivity contribution is 6.30. The minimum Gasteiger partial charge on any atom is -0.493 e. The average Bonchev–Trinajstić information content (AvgIpc) is 2.49. The number of hydrogen-bond acceptors (Lipinski definition) is 4. The van der Waals surface area contributed by atoms with Gasteiger partial charge in [0, 0.05) is 35.5 Å². The van der Waals surface area contributed by atoms with Crippen LogP contribution in [0, 0.1) is 0 Å². The number of ether oxygens (including phenoxy) is 2. The molecule has 0 radical (unpaired) electrons. The molecule has 0 aliphatic heterocycles. The zero-order chi connectivity index (χ0) is 14.4. The van der Waals surface area contributed by atoms with Gasteiger partial charge in [-0.2, -0.15) is 0 Å². The molecule has 0 atom stereocenters. The van der Waals surface area contributed by atoms with Crippen molar-refractivity contribution >= 4 is 11.6 Å². The molecule has 0 aliphatic rings. The fourth-order valence-electron chi connectivity index (χ4n) is 1.88. The maximum Gasteiger partial charge on any atom is 0.166 e. The van der Waals surface area contributed by atoms with E-state index < -0.39 is 0 Å². The Kier molecular flexibility index (Phi) is 5.21. The van der Waals surface area contributed by atoms with Crippen molar-refractivity contribution in [1.29, 1.82) is 0 Å². The number of halogens is 1. The summed E-state index contributed by atoms with van der Waals surface area (Å²) in [7, 11) is 1.54. The molecule has 0 bridgehead atoms. The van der Waals surface area contributed by atoms with Crippen LogP contribution in [0.15, 0.2) is 36.7 Å². The van der Waals surface area contributed by atoms with Gasteiger partial charge in [0.05, 0.1) is 20.3 Å². The third-order valence-electron chi connectivity index (χ3n) is 2.87. The Morgan fingerprint density at radius 2 is 2.00 bits per heavy atom. The molecule has 2 rings (SSSR count). The van der Waals surface area contributed by atoms with Crippen LogP contribution >= 0.6 is 11.6 Å². The second-order valence-electron chi connectivity index (χ2n) is 4.21. The highest BCUT2D eigenvalue weighted by Gasteiger charge is 2.12. The van der Waals surface area contributed by atoms with E-state index in [9.17, 15) is 5.11 Å². The molecule has 5 heteroatoms. The van der Waals surface area contributed by atoms with Crippen LogP contribution in [0.3, 0.4) is 0 Å². The normalized spacial score (nSPS) is 10.3. The summed E-state index contributed by atoms with van der Waals surface area (Å²) in [5.74, 6) is 1.06. The van der Waals surface area contributed by atoms with Crippen molar-refractivity contribution < 1.29 is 14.6 Å². The third kappa shape index (κ3) is 3.62. The quantitative estimate of drug-likeness (QED) is 0.890. The topological polar surface area (TPSA) is 51.6 Å². The van der Waals surface area contributed by atoms with E-state index >= 15 is 0 Å². The Morgan fingerprint density at radius 1 is 1.25 bits per heavy atom. The van der Waals surface area contributed by atoms with Crippen molar-refractivity contribution in [2.45, 2.75) is 13.0 Å². The Bertz CT molecular complexity index is 535. The lowest BCUT2D eigenvalue weighted by Crippen LogP contribution is -2.05. The maximum atomic E-state index is 9.38. The van der Waals surface area contributed by atoms with Gasteiger partial charge in [0.25, 0.3) is 0 Å². The SMILES string of the molecule is COc1cc(Cl)cc(CO)c1OCCc1ccncc1. The van der Waals surface area contributed by atoms with E-state index in [1.807, 2.05) is 12.1 Å².